The fraction of sp³-hybridized carbons (Fsp3) is 0.286. The van der Waals surface area contributed by atoms with Crippen LogP contribution in [-0.4, -0.2) is 43.0 Å². The topological polar surface area (TPSA) is 93.0 Å². The molecule has 4 rings (SSSR count). The second-order valence-corrected chi connectivity index (χ2v) is 7.25. The maximum Gasteiger partial charge on any atom is 0.259 e. The molecule has 0 saturated carbocycles. The van der Waals surface area contributed by atoms with Crippen LogP contribution < -0.4 is 5.32 Å². The Kier molecular flexibility index (Phi) is 5.26. The van der Waals surface area contributed by atoms with Gasteiger partial charge in [-0.15, -0.1) is 0 Å². The van der Waals surface area contributed by atoms with Crippen molar-refractivity contribution in [3.63, 3.8) is 0 Å². The molecule has 1 atom stereocenters. The third-order valence-electron chi connectivity index (χ3n) is 5.11. The van der Waals surface area contributed by atoms with Crippen molar-refractivity contribution in [2.24, 2.45) is 7.05 Å². The van der Waals surface area contributed by atoms with Crippen molar-refractivity contribution in [1.29, 1.82) is 0 Å². The van der Waals surface area contributed by atoms with Crippen LogP contribution in [0.25, 0.3) is 0 Å². The van der Waals surface area contributed by atoms with Crippen molar-refractivity contribution >= 4 is 17.5 Å². The summed E-state index contributed by atoms with van der Waals surface area (Å²) in [5.41, 5.74) is 1.84. The average Bonchev–Trinajstić information content (AvgIpc) is 3.38. The van der Waals surface area contributed by atoms with Crippen LogP contribution in [0, 0.1) is 12.7 Å². The molecule has 2 aromatic heterocycles. The van der Waals surface area contributed by atoms with Gasteiger partial charge in [0.15, 0.2) is 5.82 Å². The first kappa shape index (κ1) is 19.7. The molecule has 0 aliphatic carbocycles. The van der Waals surface area contributed by atoms with E-state index in [1.165, 1.54) is 30.5 Å². The molecular formula is C21H21FN6O2. The van der Waals surface area contributed by atoms with E-state index in [-0.39, 0.29) is 23.7 Å². The molecule has 1 N–H and O–H groups in total. The highest BCUT2D eigenvalue weighted by molar-refractivity contribution is 6.04. The number of halogens is 1. The number of hydrogen-bond acceptors (Lipinski definition) is 5. The summed E-state index contributed by atoms with van der Waals surface area (Å²) in [6, 6.07) is 5.27. The van der Waals surface area contributed by atoms with E-state index in [0.717, 1.165) is 12.8 Å². The van der Waals surface area contributed by atoms with Crippen LogP contribution in [0.4, 0.5) is 10.1 Å². The molecule has 1 fully saturated rings. The number of amides is 2. The summed E-state index contributed by atoms with van der Waals surface area (Å²) in [5.74, 6) is -0.343. The molecule has 1 aromatic carbocycles. The van der Waals surface area contributed by atoms with Crippen LogP contribution in [-0.2, 0) is 7.05 Å². The highest BCUT2D eigenvalue weighted by atomic mass is 19.1. The summed E-state index contributed by atoms with van der Waals surface area (Å²) in [6.45, 7) is 2.35. The highest BCUT2D eigenvalue weighted by Gasteiger charge is 2.33. The van der Waals surface area contributed by atoms with Gasteiger partial charge in [0.25, 0.3) is 11.8 Å². The Bertz CT molecular complexity index is 1100. The first-order chi connectivity index (χ1) is 14.4. The Morgan fingerprint density at radius 3 is 2.63 bits per heavy atom. The number of aromatic nitrogens is 4. The standard InChI is InChI=1S/C21H21FN6O2/c1-13-17(20(29)26-16-7-5-15(22)6-8-16)11-23-19(25-13)18-4-3-9-28(18)21(30)14-10-24-27(2)12-14/h5-8,10-12,18H,3-4,9H2,1-2H3,(H,26,29)/t18-/m1/s1. The zero-order valence-electron chi connectivity index (χ0n) is 16.7. The second kappa shape index (κ2) is 8.02. The minimum Gasteiger partial charge on any atom is -0.328 e. The van der Waals surface area contributed by atoms with Crippen LogP contribution in [0.5, 0.6) is 0 Å². The third kappa shape index (κ3) is 3.91. The van der Waals surface area contributed by atoms with Gasteiger partial charge in [0.1, 0.15) is 5.82 Å². The van der Waals surface area contributed by atoms with Crippen LogP contribution in [0.1, 0.15) is 51.1 Å². The van der Waals surface area contributed by atoms with Gasteiger partial charge in [0, 0.05) is 31.7 Å². The maximum absolute atomic E-state index is 13.0. The average molecular weight is 408 g/mol. The molecule has 8 nitrogen and oxygen atoms in total. The fourth-order valence-electron chi connectivity index (χ4n) is 3.58. The number of carbonyl (C=O) groups is 2. The monoisotopic (exact) mass is 408 g/mol. The maximum atomic E-state index is 13.0. The number of hydrogen-bond donors (Lipinski definition) is 1. The third-order valence-corrected chi connectivity index (χ3v) is 5.11. The van der Waals surface area contributed by atoms with E-state index in [1.54, 1.807) is 35.9 Å². The molecule has 3 aromatic rings. The molecule has 30 heavy (non-hydrogen) atoms. The first-order valence-corrected chi connectivity index (χ1v) is 9.62. The first-order valence-electron chi connectivity index (χ1n) is 9.62. The quantitative estimate of drug-likeness (QED) is 0.717. The number of aryl methyl sites for hydroxylation is 2. The number of benzene rings is 1. The van der Waals surface area contributed by atoms with Gasteiger partial charge in [-0.3, -0.25) is 14.3 Å². The molecular weight excluding hydrogens is 387 g/mol. The van der Waals surface area contributed by atoms with Gasteiger partial charge in [0.05, 0.1) is 29.1 Å². The van der Waals surface area contributed by atoms with Gasteiger partial charge in [-0.1, -0.05) is 0 Å². The zero-order chi connectivity index (χ0) is 21.3. The van der Waals surface area contributed by atoms with Gasteiger partial charge in [0.2, 0.25) is 0 Å². The molecule has 9 heteroatoms. The van der Waals surface area contributed by atoms with Crippen molar-refractivity contribution in [2.45, 2.75) is 25.8 Å². The van der Waals surface area contributed by atoms with E-state index < -0.39 is 0 Å². The van der Waals surface area contributed by atoms with Crippen molar-refractivity contribution in [2.75, 3.05) is 11.9 Å². The van der Waals surface area contributed by atoms with Gasteiger partial charge in [-0.2, -0.15) is 5.10 Å². The second-order valence-electron chi connectivity index (χ2n) is 7.25. The Labute approximate surface area is 172 Å². The Morgan fingerprint density at radius 1 is 1.20 bits per heavy atom. The Hall–Kier alpha value is -3.62. The predicted octanol–water partition coefficient (Wildman–Crippen LogP) is 2.89. The lowest BCUT2D eigenvalue weighted by atomic mass is 10.1. The van der Waals surface area contributed by atoms with E-state index in [9.17, 15) is 14.0 Å². The number of likely N-dealkylation sites (tertiary alicyclic amines) is 1. The normalized spacial score (nSPS) is 16.0. The zero-order valence-corrected chi connectivity index (χ0v) is 16.7. The van der Waals surface area contributed by atoms with Crippen molar-refractivity contribution in [1.82, 2.24) is 24.6 Å². The van der Waals surface area contributed by atoms with Gasteiger partial charge in [-0.05, 0) is 44.0 Å². The fourth-order valence-corrected chi connectivity index (χ4v) is 3.58. The van der Waals surface area contributed by atoms with Gasteiger partial charge in [-0.25, -0.2) is 14.4 Å². The molecule has 0 bridgehead atoms. The lowest BCUT2D eigenvalue weighted by Gasteiger charge is -2.23. The summed E-state index contributed by atoms with van der Waals surface area (Å²) in [6.07, 6.45) is 6.32. The molecule has 2 amide bonds. The van der Waals surface area contributed by atoms with Crippen LogP contribution >= 0.6 is 0 Å². The lowest BCUT2D eigenvalue weighted by Crippen LogP contribution is -2.31. The number of nitrogens with zero attached hydrogens (tertiary/aromatic N) is 5. The summed E-state index contributed by atoms with van der Waals surface area (Å²) >= 11 is 0. The highest BCUT2D eigenvalue weighted by Crippen LogP contribution is 2.31. The summed E-state index contributed by atoms with van der Waals surface area (Å²) in [5, 5.41) is 6.77. The van der Waals surface area contributed by atoms with Crippen molar-refractivity contribution in [3.8, 4) is 0 Å². The summed E-state index contributed by atoms with van der Waals surface area (Å²) in [4.78, 5) is 36.1. The largest absolute Gasteiger partial charge is 0.328 e. The summed E-state index contributed by atoms with van der Waals surface area (Å²) < 4.78 is 14.6. The molecule has 0 unspecified atom stereocenters. The van der Waals surface area contributed by atoms with E-state index >= 15 is 0 Å². The predicted molar refractivity (Wildman–Crippen MR) is 107 cm³/mol. The Balaban J connectivity index is 1.52. The van der Waals surface area contributed by atoms with Gasteiger partial charge < -0.3 is 10.2 Å². The van der Waals surface area contributed by atoms with Crippen molar-refractivity contribution < 1.29 is 14.0 Å². The SMILES string of the molecule is Cc1nc([C@H]2CCCN2C(=O)c2cnn(C)c2)ncc1C(=O)Nc1ccc(F)cc1. The minimum atomic E-state index is -0.376. The van der Waals surface area contributed by atoms with E-state index in [1.807, 2.05) is 0 Å². The molecule has 1 aliphatic heterocycles. The van der Waals surface area contributed by atoms with Crippen molar-refractivity contribution in [3.05, 3.63) is 71.3 Å². The van der Waals surface area contributed by atoms with Crippen LogP contribution in [0.2, 0.25) is 0 Å². The van der Waals surface area contributed by atoms with E-state index in [2.05, 4.69) is 20.4 Å². The Morgan fingerprint density at radius 2 is 1.97 bits per heavy atom. The number of carbonyl (C=O) groups excluding carboxylic acids is 2. The molecule has 1 saturated heterocycles. The van der Waals surface area contributed by atoms with E-state index in [0.29, 0.717) is 34.9 Å². The number of nitrogens with one attached hydrogen (secondary N) is 1. The lowest BCUT2D eigenvalue weighted by molar-refractivity contribution is 0.0729. The van der Waals surface area contributed by atoms with Crippen LogP contribution in [0.3, 0.4) is 0 Å². The van der Waals surface area contributed by atoms with Gasteiger partial charge >= 0.3 is 0 Å². The molecule has 0 radical (unpaired) electrons. The van der Waals surface area contributed by atoms with E-state index in [4.69, 9.17) is 0 Å². The molecule has 154 valence electrons. The molecule has 0 spiro atoms. The van der Waals surface area contributed by atoms with Crippen LogP contribution in [0.15, 0.2) is 42.9 Å². The smallest absolute Gasteiger partial charge is 0.259 e. The molecule has 3 heterocycles. The number of rotatable bonds is 4. The summed E-state index contributed by atoms with van der Waals surface area (Å²) in [7, 11) is 1.76. The molecule has 1 aliphatic rings. The minimum absolute atomic E-state index is 0.106. The number of anilines is 1.